The van der Waals surface area contributed by atoms with Gasteiger partial charge in [-0.15, -0.1) is 0 Å². The zero-order valence-electron chi connectivity index (χ0n) is 9.31. The Bertz CT molecular complexity index is 265. The Morgan fingerprint density at radius 3 is 2.06 bits per heavy atom. The minimum absolute atomic E-state index is 0.378. The van der Waals surface area contributed by atoms with Gasteiger partial charge in [-0.25, -0.2) is 8.78 Å². The zero-order valence-corrected chi connectivity index (χ0v) is 10.9. The molecule has 1 aliphatic rings. The third kappa shape index (κ3) is 4.93. The Kier molecular flexibility index (Phi) is 5.40. The summed E-state index contributed by atoms with van der Waals surface area (Å²) < 4.78 is 50.5. The molecule has 1 rings (SSSR count). The quantitative estimate of drug-likeness (QED) is 0.718. The van der Waals surface area contributed by atoms with Crippen molar-refractivity contribution in [2.75, 3.05) is 39.3 Å². The van der Waals surface area contributed by atoms with E-state index in [-0.39, 0.29) is 0 Å². The Hall–Kier alpha value is -0.140. The molecule has 0 amide bonds. The molecule has 1 aliphatic heterocycles. The molecule has 1 fully saturated rings. The van der Waals surface area contributed by atoms with Crippen molar-refractivity contribution in [3.05, 3.63) is 11.1 Å². The molecular formula is C10H15BrF4N2. The highest BCUT2D eigenvalue weighted by atomic mass is 79.9. The van der Waals surface area contributed by atoms with E-state index in [1.165, 1.54) is 4.90 Å². The molecule has 0 aromatic carbocycles. The monoisotopic (exact) mass is 318 g/mol. The molecule has 1 heterocycles. The molecule has 0 aliphatic carbocycles. The SMILES string of the molecule is C=C(Br)CN1CCN(CC(F)(F)C(F)F)CC1. The van der Waals surface area contributed by atoms with Gasteiger partial charge in [-0.05, 0) is 0 Å². The number of rotatable bonds is 5. The van der Waals surface area contributed by atoms with Crippen molar-refractivity contribution in [2.45, 2.75) is 12.3 Å². The molecule has 0 aromatic heterocycles. The van der Waals surface area contributed by atoms with Crippen molar-refractivity contribution in [1.29, 1.82) is 0 Å². The van der Waals surface area contributed by atoms with Gasteiger partial charge in [0, 0.05) is 37.2 Å². The fraction of sp³-hybridized carbons (Fsp3) is 0.800. The van der Waals surface area contributed by atoms with E-state index in [0.717, 1.165) is 4.48 Å². The van der Waals surface area contributed by atoms with Gasteiger partial charge in [-0.3, -0.25) is 9.80 Å². The summed E-state index contributed by atoms with van der Waals surface area (Å²) in [7, 11) is 0. The van der Waals surface area contributed by atoms with Gasteiger partial charge in [0.25, 0.3) is 0 Å². The molecular weight excluding hydrogens is 304 g/mol. The van der Waals surface area contributed by atoms with Crippen molar-refractivity contribution in [2.24, 2.45) is 0 Å². The molecule has 0 radical (unpaired) electrons. The summed E-state index contributed by atoms with van der Waals surface area (Å²) in [6.07, 6.45) is -3.59. The fourth-order valence-electron chi connectivity index (χ4n) is 1.72. The predicted octanol–water partition coefficient (Wildman–Crippen LogP) is 2.41. The largest absolute Gasteiger partial charge is 0.319 e. The van der Waals surface area contributed by atoms with Gasteiger partial charge in [-0.1, -0.05) is 22.5 Å². The molecule has 0 spiro atoms. The van der Waals surface area contributed by atoms with Crippen LogP contribution in [-0.2, 0) is 0 Å². The summed E-state index contributed by atoms with van der Waals surface area (Å²) in [4.78, 5) is 3.41. The maximum absolute atomic E-state index is 12.8. The summed E-state index contributed by atoms with van der Waals surface area (Å²) in [5.74, 6) is -3.92. The number of halogens is 5. The number of piperazine rings is 1. The molecule has 0 bridgehead atoms. The lowest BCUT2D eigenvalue weighted by Gasteiger charge is -2.35. The van der Waals surface area contributed by atoms with Crippen LogP contribution in [0.25, 0.3) is 0 Å². The lowest BCUT2D eigenvalue weighted by Crippen LogP contribution is -2.51. The van der Waals surface area contributed by atoms with Crippen molar-refractivity contribution < 1.29 is 17.6 Å². The summed E-state index contributed by atoms with van der Waals surface area (Å²) in [5.41, 5.74) is 0. The van der Waals surface area contributed by atoms with Gasteiger partial charge >= 0.3 is 12.3 Å². The highest BCUT2D eigenvalue weighted by Gasteiger charge is 2.42. The first-order valence-corrected chi connectivity index (χ1v) is 6.04. The topological polar surface area (TPSA) is 6.48 Å². The van der Waals surface area contributed by atoms with Gasteiger partial charge in [0.05, 0.1) is 6.54 Å². The van der Waals surface area contributed by atoms with Gasteiger partial charge in [0.2, 0.25) is 0 Å². The molecule has 0 unspecified atom stereocenters. The Labute approximate surface area is 106 Å². The smallest absolute Gasteiger partial charge is 0.296 e. The first-order chi connectivity index (χ1) is 7.81. The van der Waals surface area contributed by atoms with E-state index in [1.807, 2.05) is 4.90 Å². The fourth-order valence-corrected chi connectivity index (χ4v) is 2.07. The van der Waals surface area contributed by atoms with E-state index >= 15 is 0 Å². The van der Waals surface area contributed by atoms with E-state index in [1.54, 1.807) is 0 Å². The van der Waals surface area contributed by atoms with Crippen LogP contribution in [0.1, 0.15) is 0 Å². The van der Waals surface area contributed by atoms with E-state index in [2.05, 4.69) is 22.5 Å². The molecule has 17 heavy (non-hydrogen) atoms. The average molecular weight is 319 g/mol. The number of hydrogen-bond acceptors (Lipinski definition) is 2. The maximum Gasteiger partial charge on any atom is 0.319 e. The van der Waals surface area contributed by atoms with E-state index in [0.29, 0.717) is 32.7 Å². The average Bonchev–Trinajstić information content (AvgIpc) is 2.19. The minimum atomic E-state index is -3.92. The number of nitrogens with zero attached hydrogens (tertiary/aromatic N) is 2. The van der Waals surface area contributed by atoms with Gasteiger partial charge < -0.3 is 0 Å². The first-order valence-electron chi connectivity index (χ1n) is 5.25. The standard InChI is InChI=1S/C10H15BrF4N2/c1-8(11)6-16-2-4-17(5-3-16)7-10(14,15)9(12)13/h9H,1-7H2. The van der Waals surface area contributed by atoms with E-state index in [9.17, 15) is 17.6 Å². The van der Waals surface area contributed by atoms with Crippen LogP contribution in [0.2, 0.25) is 0 Å². The second kappa shape index (κ2) is 6.15. The molecule has 2 nitrogen and oxygen atoms in total. The lowest BCUT2D eigenvalue weighted by atomic mass is 10.2. The van der Waals surface area contributed by atoms with Crippen LogP contribution < -0.4 is 0 Å². The van der Waals surface area contributed by atoms with Crippen LogP contribution in [0.3, 0.4) is 0 Å². The molecule has 0 saturated carbocycles. The van der Waals surface area contributed by atoms with Crippen molar-refractivity contribution in [3.63, 3.8) is 0 Å². The normalized spacial score (nSPS) is 19.9. The third-order valence-electron chi connectivity index (χ3n) is 2.61. The van der Waals surface area contributed by atoms with Crippen molar-refractivity contribution >= 4 is 15.9 Å². The minimum Gasteiger partial charge on any atom is -0.296 e. The van der Waals surface area contributed by atoms with Crippen molar-refractivity contribution in [1.82, 2.24) is 9.80 Å². The highest BCUT2D eigenvalue weighted by Crippen LogP contribution is 2.24. The summed E-state index contributed by atoms with van der Waals surface area (Å²) >= 11 is 3.22. The van der Waals surface area contributed by atoms with Gasteiger partial charge in [-0.2, -0.15) is 8.78 Å². The van der Waals surface area contributed by atoms with Crippen LogP contribution in [0.4, 0.5) is 17.6 Å². The van der Waals surface area contributed by atoms with Crippen LogP contribution in [0.5, 0.6) is 0 Å². The number of alkyl halides is 4. The summed E-state index contributed by atoms with van der Waals surface area (Å²) in [6.45, 7) is 5.41. The second-order valence-electron chi connectivity index (χ2n) is 4.13. The van der Waals surface area contributed by atoms with Crippen LogP contribution in [0.15, 0.2) is 11.1 Å². The van der Waals surface area contributed by atoms with E-state index < -0.39 is 18.9 Å². The predicted molar refractivity (Wildman–Crippen MR) is 61.9 cm³/mol. The molecule has 0 aromatic rings. The van der Waals surface area contributed by atoms with Crippen LogP contribution >= 0.6 is 15.9 Å². The molecule has 100 valence electrons. The Morgan fingerprint density at radius 2 is 1.65 bits per heavy atom. The highest BCUT2D eigenvalue weighted by molar-refractivity contribution is 9.11. The third-order valence-corrected chi connectivity index (χ3v) is 2.86. The van der Waals surface area contributed by atoms with Crippen molar-refractivity contribution in [3.8, 4) is 0 Å². The van der Waals surface area contributed by atoms with Crippen LogP contribution in [-0.4, -0.2) is 61.4 Å². The summed E-state index contributed by atoms with van der Waals surface area (Å²) in [6, 6.07) is 0. The van der Waals surface area contributed by atoms with E-state index in [4.69, 9.17) is 0 Å². The van der Waals surface area contributed by atoms with Gasteiger partial charge in [0.1, 0.15) is 0 Å². The lowest BCUT2D eigenvalue weighted by molar-refractivity contribution is -0.144. The zero-order chi connectivity index (χ0) is 13.1. The Balaban J connectivity index is 2.35. The molecule has 0 N–H and O–H groups in total. The Morgan fingerprint density at radius 1 is 1.18 bits per heavy atom. The maximum atomic E-state index is 12.8. The number of hydrogen-bond donors (Lipinski definition) is 0. The summed E-state index contributed by atoms with van der Waals surface area (Å²) in [5, 5.41) is 0. The molecule has 0 atom stereocenters. The molecule has 7 heteroatoms. The van der Waals surface area contributed by atoms with Crippen LogP contribution in [0, 0.1) is 0 Å². The molecule has 1 saturated heterocycles. The van der Waals surface area contributed by atoms with Gasteiger partial charge in [0.15, 0.2) is 0 Å². The second-order valence-corrected chi connectivity index (χ2v) is 5.25. The first kappa shape index (κ1) is 14.9.